The number of anilines is 1. The second kappa shape index (κ2) is 6.53. The maximum atomic E-state index is 12.4. The average molecular weight is 351 g/mol. The molecule has 3 aromatic rings. The van der Waals surface area contributed by atoms with Gasteiger partial charge in [-0.1, -0.05) is 29.8 Å². The summed E-state index contributed by atoms with van der Waals surface area (Å²) < 4.78 is 1.72. The number of hydrazone groups is 1. The maximum absolute atomic E-state index is 12.4. The quantitative estimate of drug-likeness (QED) is 0.721. The lowest BCUT2D eigenvalue weighted by molar-refractivity contribution is 0.644. The lowest BCUT2D eigenvalue weighted by Gasteiger charge is -2.23. The zero-order valence-electron chi connectivity index (χ0n) is 13.3. The van der Waals surface area contributed by atoms with E-state index in [0.29, 0.717) is 17.1 Å². The lowest BCUT2D eigenvalue weighted by Crippen LogP contribution is -2.27. The molecule has 4 rings (SSSR count). The molecule has 0 aliphatic carbocycles. The third-order valence-electron chi connectivity index (χ3n) is 4.09. The van der Waals surface area contributed by atoms with Crippen molar-refractivity contribution in [2.24, 2.45) is 5.10 Å². The molecular weight excluding hydrogens is 336 g/mol. The van der Waals surface area contributed by atoms with Gasteiger partial charge in [0.25, 0.3) is 0 Å². The predicted molar refractivity (Wildman–Crippen MR) is 99.6 cm³/mol. The number of hydrogen-bond acceptors (Lipinski definition) is 4. The molecule has 0 fully saturated rings. The van der Waals surface area contributed by atoms with Gasteiger partial charge in [0.15, 0.2) is 0 Å². The molecule has 1 unspecified atom stereocenters. The third-order valence-corrected chi connectivity index (χ3v) is 4.34. The Morgan fingerprint density at radius 3 is 2.48 bits per heavy atom. The minimum atomic E-state index is -0.232. The molecule has 0 saturated carbocycles. The van der Waals surface area contributed by atoms with Crippen LogP contribution in [-0.4, -0.2) is 16.0 Å². The highest BCUT2D eigenvalue weighted by Crippen LogP contribution is 2.31. The van der Waals surface area contributed by atoms with E-state index in [1.165, 1.54) is 0 Å². The Hall–Kier alpha value is -2.92. The van der Waals surface area contributed by atoms with Crippen LogP contribution < -0.4 is 10.4 Å². The summed E-state index contributed by atoms with van der Waals surface area (Å²) in [6, 6.07) is 18.4. The van der Waals surface area contributed by atoms with Gasteiger partial charge in [-0.3, -0.25) is 9.80 Å². The van der Waals surface area contributed by atoms with E-state index in [2.05, 4.69) is 10.2 Å². The van der Waals surface area contributed by atoms with E-state index in [4.69, 9.17) is 11.6 Å². The second-order valence-electron chi connectivity index (χ2n) is 5.72. The molecule has 5 nitrogen and oxygen atoms in total. The number of rotatable bonds is 3. The fraction of sp³-hybridized carbons (Fsp3) is 0.105. The first-order valence-electron chi connectivity index (χ1n) is 7.95. The van der Waals surface area contributed by atoms with E-state index in [0.717, 1.165) is 11.4 Å². The Balaban J connectivity index is 1.73. The SMILES string of the molecule is O=c1ccn(-c2ccccc2)nc1C1CC=NN1c1ccc(Cl)cc1. The van der Waals surface area contributed by atoms with E-state index in [9.17, 15) is 4.79 Å². The van der Waals surface area contributed by atoms with Crippen LogP contribution in [0.5, 0.6) is 0 Å². The molecule has 2 aromatic carbocycles. The number of aromatic nitrogens is 2. The van der Waals surface area contributed by atoms with E-state index in [-0.39, 0.29) is 11.5 Å². The normalized spacial score (nSPS) is 16.4. The molecule has 25 heavy (non-hydrogen) atoms. The summed E-state index contributed by atoms with van der Waals surface area (Å²) in [7, 11) is 0. The summed E-state index contributed by atoms with van der Waals surface area (Å²) >= 11 is 5.96. The Morgan fingerprint density at radius 2 is 1.72 bits per heavy atom. The summed E-state index contributed by atoms with van der Waals surface area (Å²) in [5, 5.41) is 11.5. The molecule has 0 spiro atoms. The second-order valence-corrected chi connectivity index (χ2v) is 6.15. The van der Waals surface area contributed by atoms with Crippen molar-refractivity contribution in [2.75, 3.05) is 5.01 Å². The first-order valence-corrected chi connectivity index (χ1v) is 8.33. The molecule has 0 bridgehead atoms. The van der Waals surface area contributed by atoms with E-state index < -0.39 is 0 Å². The van der Waals surface area contributed by atoms with Gasteiger partial charge in [-0.05, 0) is 36.4 Å². The van der Waals surface area contributed by atoms with Gasteiger partial charge in [0.1, 0.15) is 11.7 Å². The minimum Gasteiger partial charge on any atom is -0.288 e. The van der Waals surface area contributed by atoms with Gasteiger partial charge in [-0.25, -0.2) is 4.68 Å². The van der Waals surface area contributed by atoms with Crippen molar-refractivity contribution < 1.29 is 0 Å². The molecule has 0 N–H and O–H groups in total. The number of halogens is 1. The van der Waals surface area contributed by atoms with Crippen LogP contribution in [0.1, 0.15) is 18.2 Å². The van der Waals surface area contributed by atoms with Gasteiger partial charge in [0.2, 0.25) is 5.43 Å². The highest BCUT2D eigenvalue weighted by molar-refractivity contribution is 6.30. The standard InChI is InChI=1S/C19H15ClN4O/c20-14-6-8-16(9-7-14)24-17(10-12-21-24)19-18(25)11-13-23(22-19)15-4-2-1-3-5-15/h1-9,11-13,17H,10H2. The first kappa shape index (κ1) is 15.6. The van der Waals surface area contributed by atoms with Crippen molar-refractivity contribution in [1.29, 1.82) is 0 Å². The van der Waals surface area contributed by atoms with Gasteiger partial charge in [0.05, 0.1) is 11.4 Å². The topological polar surface area (TPSA) is 50.5 Å². The van der Waals surface area contributed by atoms with Crippen molar-refractivity contribution >= 4 is 23.5 Å². The molecule has 124 valence electrons. The molecule has 6 heteroatoms. The summed E-state index contributed by atoms with van der Waals surface area (Å²) in [6.07, 6.45) is 4.12. The molecule has 1 aliphatic rings. The fourth-order valence-corrected chi connectivity index (χ4v) is 2.99. The Morgan fingerprint density at radius 1 is 0.960 bits per heavy atom. The van der Waals surface area contributed by atoms with Crippen LogP contribution in [0.15, 0.2) is 76.8 Å². The zero-order valence-corrected chi connectivity index (χ0v) is 14.0. The van der Waals surface area contributed by atoms with Gasteiger partial charge >= 0.3 is 0 Å². The molecule has 1 aromatic heterocycles. The largest absolute Gasteiger partial charge is 0.288 e. The number of nitrogens with zero attached hydrogens (tertiary/aromatic N) is 4. The molecule has 0 amide bonds. The van der Waals surface area contributed by atoms with E-state index in [1.807, 2.05) is 59.6 Å². The van der Waals surface area contributed by atoms with Gasteiger partial charge in [-0.2, -0.15) is 10.2 Å². The van der Waals surface area contributed by atoms with Gasteiger partial charge in [0, 0.05) is 29.9 Å². The van der Waals surface area contributed by atoms with Crippen molar-refractivity contribution in [1.82, 2.24) is 9.78 Å². The molecule has 1 atom stereocenters. The smallest absolute Gasteiger partial charge is 0.205 e. The van der Waals surface area contributed by atoms with Gasteiger partial charge < -0.3 is 0 Å². The summed E-state index contributed by atoms with van der Waals surface area (Å²) in [4.78, 5) is 12.4. The number of benzene rings is 2. The summed E-state index contributed by atoms with van der Waals surface area (Å²) in [5.41, 5.74) is 2.15. The van der Waals surface area contributed by atoms with Crippen LogP contribution in [0.4, 0.5) is 5.69 Å². The highest BCUT2D eigenvalue weighted by atomic mass is 35.5. The summed E-state index contributed by atoms with van der Waals surface area (Å²) in [6.45, 7) is 0. The average Bonchev–Trinajstić information content (AvgIpc) is 3.13. The monoisotopic (exact) mass is 350 g/mol. The molecule has 0 saturated heterocycles. The van der Waals surface area contributed by atoms with Crippen LogP contribution in [0, 0.1) is 0 Å². The maximum Gasteiger partial charge on any atom is 0.205 e. The number of para-hydroxylation sites is 1. The van der Waals surface area contributed by atoms with Crippen LogP contribution in [0.2, 0.25) is 5.02 Å². The Bertz CT molecular complexity index is 967. The van der Waals surface area contributed by atoms with Gasteiger partial charge in [-0.15, -0.1) is 0 Å². The molecular formula is C19H15ClN4O. The van der Waals surface area contributed by atoms with Crippen molar-refractivity contribution in [3.63, 3.8) is 0 Å². The zero-order chi connectivity index (χ0) is 17.2. The first-order chi connectivity index (χ1) is 12.2. The minimum absolute atomic E-state index is 0.0957. The van der Waals surface area contributed by atoms with Crippen LogP contribution in [-0.2, 0) is 0 Å². The van der Waals surface area contributed by atoms with Crippen LogP contribution in [0.3, 0.4) is 0 Å². The molecule has 2 heterocycles. The molecule has 0 radical (unpaired) electrons. The number of hydrogen-bond donors (Lipinski definition) is 0. The van der Waals surface area contributed by atoms with Crippen LogP contribution in [0.25, 0.3) is 5.69 Å². The van der Waals surface area contributed by atoms with E-state index >= 15 is 0 Å². The third kappa shape index (κ3) is 3.06. The molecule has 1 aliphatic heterocycles. The van der Waals surface area contributed by atoms with Crippen LogP contribution >= 0.6 is 11.6 Å². The van der Waals surface area contributed by atoms with E-state index in [1.54, 1.807) is 23.2 Å². The van der Waals surface area contributed by atoms with Crippen molar-refractivity contribution in [3.05, 3.63) is 87.8 Å². The van der Waals surface area contributed by atoms with Crippen molar-refractivity contribution in [2.45, 2.75) is 12.5 Å². The Kier molecular flexibility index (Phi) is 4.07. The predicted octanol–water partition coefficient (Wildman–Crippen LogP) is 3.82. The fourth-order valence-electron chi connectivity index (χ4n) is 2.86. The lowest BCUT2D eigenvalue weighted by atomic mass is 10.1. The Labute approximate surface area is 149 Å². The summed E-state index contributed by atoms with van der Waals surface area (Å²) in [5.74, 6) is 0. The highest BCUT2D eigenvalue weighted by Gasteiger charge is 2.28. The van der Waals surface area contributed by atoms with Crippen molar-refractivity contribution in [3.8, 4) is 5.69 Å².